The highest BCUT2D eigenvalue weighted by Crippen LogP contribution is 2.46. The summed E-state index contributed by atoms with van der Waals surface area (Å²) in [5.74, 6) is 0.734. The van der Waals surface area contributed by atoms with E-state index in [4.69, 9.17) is 4.74 Å². The van der Waals surface area contributed by atoms with Gasteiger partial charge in [-0.05, 0) is 19.4 Å². The molecule has 160 valence electrons. The van der Waals surface area contributed by atoms with Crippen LogP contribution in [-0.2, 0) is 0 Å². The Kier molecular flexibility index (Phi) is 6.99. The molecule has 0 aromatic heterocycles. The maximum atomic E-state index is 5.38. The summed E-state index contributed by atoms with van der Waals surface area (Å²) >= 11 is 0. The number of nitrogens with zero attached hydrogens (tertiary/aromatic N) is 2. The lowest BCUT2D eigenvalue weighted by Gasteiger charge is -2.26. The highest BCUT2D eigenvalue weighted by atomic mass is 31.2. The first-order valence-corrected chi connectivity index (χ1v) is 12.6. The first kappa shape index (κ1) is 21.8. The summed E-state index contributed by atoms with van der Waals surface area (Å²) in [5, 5.41) is 8.32. The fourth-order valence-electron chi connectivity index (χ4n) is 3.80. The average molecular weight is 438 g/mol. The van der Waals surface area contributed by atoms with Crippen LogP contribution in [0.25, 0.3) is 0 Å². The smallest absolute Gasteiger partial charge is 0.144 e. The van der Waals surface area contributed by atoms with Crippen molar-refractivity contribution in [3.63, 3.8) is 0 Å². The average Bonchev–Trinajstić information content (AvgIpc) is 2.88. The molecule has 0 saturated heterocycles. The number of hydrogen-bond acceptors (Lipinski definition) is 2. The van der Waals surface area contributed by atoms with Crippen molar-refractivity contribution in [2.24, 2.45) is 9.85 Å². The van der Waals surface area contributed by atoms with Crippen molar-refractivity contribution in [3.8, 4) is 0 Å². The Morgan fingerprint density at radius 1 is 0.625 bits per heavy atom. The van der Waals surface area contributed by atoms with E-state index >= 15 is 0 Å². The number of hydrazone groups is 1. The molecular formula is C28H28N3P. The molecule has 1 unspecified atom stereocenters. The van der Waals surface area contributed by atoms with Crippen LogP contribution in [0.5, 0.6) is 0 Å². The van der Waals surface area contributed by atoms with Crippen LogP contribution < -0.4 is 21.3 Å². The molecule has 3 nitrogen and oxygen atoms in total. The summed E-state index contributed by atoms with van der Waals surface area (Å²) < 4.78 is 5.38. The zero-order valence-electron chi connectivity index (χ0n) is 18.5. The standard InChI is InChI=1S/C28H28N3P/c1-23(25-15-7-3-8-16-25)29-30-24(2)31-32(26-17-9-4-10-18-26,27-19-11-5-12-20-27)28-21-13-6-14-22-28/h3-23,29H,1-2H3/b30-24-. The second-order valence-electron chi connectivity index (χ2n) is 7.66. The van der Waals surface area contributed by atoms with Crippen molar-refractivity contribution in [2.45, 2.75) is 19.9 Å². The van der Waals surface area contributed by atoms with Crippen LogP contribution in [0.1, 0.15) is 25.5 Å². The fourth-order valence-corrected chi connectivity index (χ4v) is 7.33. The predicted octanol–water partition coefficient (Wildman–Crippen LogP) is 5.85. The van der Waals surface area contributed by atoms with E-state index in [9.17, 15) is 0 Å². The molecule has 0 aliphatic heterocycles. The Bertz CT molecular complexity index is 1100. The molecule has 0 radical (unpaired) electrons. The van der Waals surface area contributed by atoms with Crippen molar-refractivity contribution >= 4 is 28.8 Å². The van der Waals surface area contributed by atoms with Gasteiger partial charge in [0.25, 0.3) is 0 Å². The second-order valence-corrected chi connectivity index (χ2v) is 10.7. The SMILES string of the molecule is C/C(N=P(c1ccccc1)(c1ccccc1)c1ccccc1)=N/NC(C)c1ccccc1. The maximum Gasteiger partial charge on any atom is 0.144 e. The largest absolute Gasteiger partial charge is 0.301 e. The number of nitrogens with one attached hydrogen (secondary N) is 1. The summed E-state index contributed by atoms with van der Waals surface area (Å²) in [6.07, 6.45) is 0. The quantitative estimate of drug-likeness (QED) is 0.175. The molecule has 4 rings (SSSR count). The van der Waals surface area contributed by atoms with E-state index < -0.39 is 7.05 Å². The predicted molar refractivity (Wildman–Crippen MR) is 139 cm³/mol. The molecule has 1 N–H and O–H groups in total. The van der Waals surface area contributed by atoms with Crippen molar-refractivity contribution in [3.05, 3.63) is 127 Å². The third-order valence-electron chi connectivity index (χ3n) is 5.40. The van der Waals surface area contributed by atoms with Crippen LogP contribution in [0.4, 0.5) is 0 Å². The van der Waals surface area contributed by atoms with Gasteiger partial charge in [-0.1, -0.05) is 121 Å². The molecule has 0 fully saturated rings. The molecule has 0 amide bonds. The van der Waals surface area contributed by atoms with Gasteiger partial charge in [0.1, 0.15) is 5.84 Å². The molecule has 32 heavy (non-hydrogen) atoms. The lowest BCUT2D eigenvalue weighted by molar-refractivity contribution is 0.604. The van der Waals surface area contributed by atoms with E-state index in [2.05, 4.69) is 121 Å². The van der Waals surface area contributed by atoms with Crippen molar-refractivity contribution in [1.82, 2.24) is 5.43 Å². The first-order valence-electron chi connectivity index (χ1n) is 10.8. The van der Waals surface area contributed by atoms with E-state index in [1.165, 1.54) is 21.5 Å². The summed E-state index contributed by atoms with van der Waals surface area (Å²) in [7, 11) is -2.29. The van der Waals surface area contributed by atoms with Crippen LogP contribution >= 0.6 is 7.05 Å². The Hall–Kier alpha value is -3.42. The molecule has 0 bridgehead atoms. The van der Waals surface area contributed by atoms with Crippen LogP contribution in [0, 0.1) is 0 Å². The zero-order valence-corrected chi connectivity index (χ0v) is 19.4. The van der Waals surface area contributed by atoms with E-state index in [0.717, 1.165) is 5.84 Å². The van der Waals surface area contributed by atoms with Crippen molar-refractivity contribution < 1.29 is 0 Å². The normalized spacial score (nSPS) is 12.8. The lowest BCUT2D eigenvalue weighted by atomic mass is 10.1. The van der Waals surface area contributed by atoms with Gasteiger partial charge in [-0.25, -0.2) is 4.74 Å². The van der Waals surface area contributed by atoms with Gasteiger partial charge in [-0.3, -0.25) is 0 Å². The Balaban J connectivity index is 1.86. The molecule has 1 atom stereocenters. The third-order valence-corrected chi connectivity index (χ3v) is 9.13. The van der Waals surface area contributed by atoms with E-state index in [0.29, 0.717) is 0 Å². The number of benzene rings is 4. The molecule has 0 aliphatic rings. The molecule has 4 aromatic carbocycles. The number of rotatable bonds is 6. The van der Waals surface area contributed by atoms with Gasteiger partial charge in [0.2, 0.25) is 0 Å². The van der Waals surface area contributed by atoms with Crippen LogP contribution in [-0.4, -0.2) is 5.84 Å². The molecule has 0 heterocycles. The van der Waals surface area contributed by atoms with Crippen LogP contribution in [0.15, 0.2) is 131 Å². The van der Waals surface area contributed by atoms with Crippen LogP contribution in [0.3, 0.4) is 0 Å². The summed E-state index contributed by atoms with van der Waals surface area (Å²) in [6.45, 7) is 4.09. The fraction of sp³-hybridized carbons (Fsp3) is 0.107. The Morgan fingerprint density at radius 3 is 1.41 bits per heavy atom. The van der Waals surface area contributed by atoms with E-state index in [-0.39, 0.29) is 6.04 Å². The Morgan fingerprint density at radius 2 is 1.00 bits per heavy atom. The summed E-state index contributed by atoms with van der Waals surface area (Å²) in [4.78, 5) is 0. The molecular weight excluding hydrogens is 409 g/mol. The summed E-state index contributed by atoms with van der Waals surface area (Å²) in [6, 6.07) is 42.2. The van der Waals surface area contributed by atoms with Crippen molar-refractivity contribution in [2.75, 3.05) is 0 Å². The lowest BCUT2D eigenvalue weighted by Crippen LogP contribution is -2.26. The van der Waals surface area contributed by atoms with Crippen LogP contribution in [0.2, 0.25) is 0 Å². The zero-order chi connectivity index (χ0) is 22.2. The third kappa shape index (κ3) is 4.74. The first-order chi connectivity index (χ1) is 15.7. The molecule has 0 saturated carbocycles. The van der Waals surface area contributed by atoms with Gasteiger partial charge >= 0.3 is 0 Å². The summed E-state index contributed by atoms with van der Waals surface area (Å²) in [5.41, 5.74) is 4.48. The minimum Gasteiger partial charge on any atom is -0.301 e. The van der Waals surface area contributed by atoms with Gasteiger partial charge in [-0.15, -0.1) is 0 Å². The van der Waals surface area contributed by atoms with Gasteiger partial charge in [0.05, 0.1) is 13.1 Å². The second kappa shape index (κ2) is 10.3. The minimum atomic E-state index is -2.29. The molecule has 4 heteroatoms. The van der Waals surface area contributed by atoms with E-state index in [1.807, 2.05) is 25.1 Å². The Labute approximate surface area is 190 Å². The number of hydrogen-bond donors (Lipinski definition) is 1. The van der Waals surface area contributed by atoms with Gasteiger partial charge in [0, 0.05) is 15.9 Å². The maximum absolute atomic E-state index is 5.38. The highest BCUT2D eigenvalue weighted by molar-refractivity contribution is 7.87. The minimum absolute atomic E-state index is 0.0965. The monoisotopic (exact) mass is 437 g/mol. The van der Waals surface area contributed by atoms with Crippen molar-refractivity contribution in [1.29, 1.82) is 0 Å². The van der Waals surface area contributed by atoms with Gasteiger partial charge in [0.15, 0.2) is 0 Å². The van der Waals surface area contributed by atoms with Gasteiger partial charge < -0.3 is 5.43 Å². The van der Waals surface area contributed by atoms with E-state index in [1.54, 1.807) is 0 Å². The molecule has 4 aromatic rings. The topological polar surface area (TPSA) is 36.8 Å². The van der Waals surface area contributed by atoms with Gasteiger partial charge in [-0.2, -0.15) is 5.10 Å². The molecule has 0 aliphatic carbocycles. The number of amidine groups is 1. The molecule has 0 spiro atoms. The highest BCUT2D eigenvalue weighted by Gasteiger charge is 2.27.